The number of aromatic nitrogens is 2. The SMILES string of the molecule is CN1CCC(Sc2ncnc3scc(-c4ccc(Br)cc4)c23)CC1. The quantitative estimate of drug-likeness (QED) is 0.538. The van der Waals surface area contributed by atoms with Gasteiger partial charge < -0.3 is 4.90 Å². The van der Waals surface area contributed by atoms with Crippen LogP contribution in [-0.4, -0.2) is 40.3 Å². The number of halogens is 1. The van der Waals surface area contributed by atoms with Gasteiger partial charge in [-0.25, -0.2) is 9.97 Å². The van der Waals surface area contributed by atoms with E-state index in [0.29, 0.717) is 5.25 Å². The fraction of sp³-hybridized carbons (Fsp3) is 0.333. The molecule has 2 aromatic heterocycles. The van der Waals surface area contributed by atoms with Crippen LogP contribution >= 0.6 is 39.0 Å². The van der Waals surface area contributed by atoms with E-state index < -0.39 is 0 Å². The standard InChI is InChI=1S/C18H18BrN3S2/c1-22-8-6-14(7-9-22)24-18-16-15(10-23-17(16)20-11-21-18)12-2-4-13(19)5-3-12/h2-5,10-11,14H,6-9H2,1H3. The van der Waals surface area contributed by atoms with Gasteiger partial charge in [-0.2, -0.15) is 0 Å². The van der Waals surface area contributed by atoms with Gasteiger partial charge >= 0.3 is 0 Å². The molecule has 1 fully saturated rings. The Hall–Kier alpha value is -0.950. The van der Waals surface area contributed by atoms with E-state index in [4.69, 9.17) is 0 Å². The topological polar surface area (TPSA) is 29.0 Å². The van der Waals surface area contributed by atoms with Crippen molar-refractivity contribution in [1.29, 1.82) is 0 Å². The third-order valence-electron chi connectivity index (χ3n) is 4.43. The maximum absolute atomic E-state index is 4.63. The summed E-state index contributed by atoms with van der Waals surface area (Å²) in [6, 6.07) is 8.49. The van der Waals surface area contributed by atoms with Crippen molar-refractivity contribution in [3.63, 3.8) is 0 Å². The highest BCUT2D eigenvalue weighted by atomic mass is 79.9. The Morgan fingerprint density at radius 1 is 1.17 bits per heavy atom. The lowest BCUT2D eigenvalue weighted by Gasteiger charge is -2.28. The molecule has 1 aliphatic heterocycles. The molecule has 124 valence electrons. The fourth-order valence-corrected chi connectivity index (χ4v) is 5.48. The van der Waals surface area contributed by atoms with Crippen LogP contribution in [0.2, 0.25) is 0 Å². The zero-order chi connectivity index (χ0) is 16.5. The molecule has 0 aliphatic carbocycles. The second kappa shape index (κ2) is 7.12. The molecule has 0 unspecified atom stereocenters. The molecule has 1 saturated heterocycles. The molecule has 0 bridgehead atoms. The molecular weight excluding hydrogens is 402 g/mol. The third kappa shape index (κ3) is 3.38. The monoisotopic (exact) mass is 419 g/mol. The van der Waals surface area contributed by atoms with Crippen LogP contribution in [0.5, 0.6) is 0 Å². The van der Waals surface area contributed by atoms with E-state index in [1.807, 2.05) is 11.8 Å². The number of hydrogen-bond donors (Lipinski definition) is 0. The van der Waals surface area contributed by atoms with Crippen molar-refractivity contribution in [3.05, 3.63) is 40.4 Å². The van der Waals surface area contributed by atoms with Crippen LogP contribution in [0, 0.1) is 0 Å². The molecule has 0 N–H and O–H groups in total. The van der Waals surface area contributed by atoms with Gasteiger partial charge in [0.2, 0.25) is 0 Å². The molecule has 0 atom stereocenters. The van der Waals surface area contributed by atoms with Crippen molar-refractivity contribution >= 4 is 49.2 Å². The van der Waals surface area contributed by atoms with Crippen molar-refractivity contribution in [2.45, 2.75) is 23.1 Å². The molecule has 0 saturated carbocycles. The molecule has 6 heteroatoms. The second-order valence-electron chi connectivity index (χ2n) is 6.14. The summed E-state index contributed by atoms with van der Waals surface area (Å²) < 4.78 is 1.10. The summed E-state index contributed by atoms with van der Waals surface area (Å²) in [7, 11) is 2.20. The minimum absolute atomic E-state index is 0.650. The molecule has 0 spiro atoms. The first kappa shape index (κ1) is 16.5. The first-order valence-corrected chi connectivity index (χ1v) is 10.6. The number of thiophene rings is 1. The summed E-state index contributed by atoms with van der Waals surface area (Å²) in [5.74, 6) is 0. The molecule has 0 radical (unpaired) electrons. The van der Waals surface area contributed by atoms with Gasteiger partial charge in [-0.05, 0) is 50.7 Å². The molecule has 0 amide bonds. The lowest BCUT2D eigenvalue weighted by atomic mass is 10.1. The van der Waals surface area contributed by atoms with Crippen molar-refractivity contribution in [2.75, 3.05) is 20.1 Å². The van der Waals surface area contributed by atoms with Gasteiger partial charge in [0.05, 0.1) is 5.39 Å². The van der Waals surface area contributed by atoms with Gasteiger partial charge in [-0.1, -0.05) is 28.1 Å². The van der Waals surface area contributed by atoms with Crippen LogP contribution in [-0.2, 0) is 0 Å². The van der Waals surface area contributed by atoms with Gasteiger partial charge in [0.1, 0.15) is 16.2 Å². The van der Waals surface area contributed by atoms with Gasteiger partial charge in [0.15, 0.2) is 0 Å². The molecule has 3 heterocycles. The van der Waals surface area contributed by atoms with E-state index in [1.54, 1.807) is 17.7 Å². The molecule has 4 rings (SSSR count). The van der Waals surface area contributed by atoms with E-state index in [2.05, 4.69) is 67.5 Å². The number of hydrogen-bond acceptors (Lipinski definition) is 5. The second-order valence-corrected chi connectivity index (χ2v) is 9.20. The first-order valence-electron chi connectivity index (χ1n) is 8.04. The van der Waals surface area contributed by atoms with Gasteiger partial charge in [0, 0.05) is 20.7 Å². The summed E-state index contributed by atoms with van der Waals surface area (Å²) in [6.07, 6.45) is 4.16. The highest BCUT2D eigenvalue weighted by Gasteiger charge is 2.21. The maximum atomic E-state index is 4.63. The average molecular weight is 420 g/mol. The van der Waals surface area contributed by atoms with Crippen LogP contribution < -0.4 is 0 Å². The fourth-order valence-electron chi connectivity index (χ4n) is 3.04. The number of likely N-dealkylation sites (tertiary alicyclic amines) is 1. The Morgan fingerprint density at radius 2 is 1.92 bits per heavy atom. The Labute approximate surface area is 158 Å². The van der Waals surface area contributed by atoms with E-state index in [9.17, 15) is 0 Å². The summed E-state index contributed by atoms with van der Waals surface area (Å²) in [4.78, 5) is 12.6. The Balaban J connectivity index is 1.70. The van der Waals surface area contributed by atoms with Crippen molar-refractivity contribution in [2.24, 2.45) is 0 Å². The number of nitrogens with zero attached hydrogens (tertiary/aromatic N) is 3. The van der Waals surface area contributed by atoms with Crippen LogP contribution in [0.1, 0.15) is 12.8 Å². The van der Waals surface area contributed by atoms with Crippen molar-refractivity contribution in [3.8, 4) is 11.1 Å². The van der Waals surface area contributed by atoms with E-state index in [0.717, 1.165) is 14.3 Å². The minimum Gasteiger partial charge on any atom is -0.306 e. The zero-order valence-corrected chi connectivity index (χ0v) is 16.6. The highest BCUT2D eigenvalue weighted by Crippen LogP contribution is 2.40. The predicted molar refractivity (Wildman–Crippen MR) is 107 cm³/mol. The van der Waals surface area contributed by atoms with Crippen molar-refractivity contribution in [1.82, 2.24) is 14.9 Å². The molecule has 3 aromatic rings. The van der Waals surface area contributed by atoms with E-state index in [1.165, 1.54) is 42.4 Å². The van der Waals surface area contributed by atoms with Gasteiger partial charge in [-0.15, -0.1) is 23.1 Å². The zero-order valence-electron chi connectivity index (χ0n) is 13.4. The van der Waals surface area contributed by atoms with Crippen LogP contribution in [0.4, 0.5) is 0 Å². The smallest absolute Gasteiger partial charge is 0.128 e. The lowest BCUT2D eigenvalue weighted by Crippen LogP contribution is -2.31. The molecule has 1 aliphatic rings. The van der Waals surface area contributed by atoms with Crippen LogP contribution in [0.25, 0.3) is 21.3 Å². The van der Waals surface area contributed by atoms with Crippen molar-refractivity contribution < 1.29 is 0 Å². The number of piperidine rings is 1. The van der Waals surface area contributed by atoms with E-state index >= 15 is 0 Å². The number of benzene rings is 1. The Bertz CT molecular complexity index is 839. The third-order valence-corrected chi connectivity index (χ3v) is 7.19. The highest BCUT2D eigenvalue weighted by molar-refractivity contribution is 9.10. The molecule has 24 heavy (non-hydrogen) atoms. The molecule has 3 nitrogen and oxygen atoms in total. The predicted octanol–water partition coefficient (Wildman–Crippen LogP) is 5.31. The Morgan fingerprint density at radius 3 is 2.67 bits per heavy atom. The maximum Gasteiger partial charge on any atom is 0.128 e. The summed E-state index contributed by atoms with van der Waals surface area (Å²) in [5, 5.41) is 5.21. The van der Waals surface area contributed by atoms with Gasteiger partial charge in [0.25, 0.3) is 0 Å². The van der Waals surface area contributed by atoms with Crippen LogP contribution in [0.15, 0.2) is 45.5 Å². The van der Waals surface area contributed by atoms with Gasteiger partial charge in [-0.3, -0.25) is 0 Å². The Kier molecular flexibility index (Phi) is 4.90. The minimum atomic E-state index is 0.650. The van der Waals surface area contributed by atoms with Crippen LogP contribution in [0.3, 0.4) is 0 Å². The van der Waals surface area contributed by atoms with E-state index in [-0.39, 0.29) is 0 Å². The summed E-state index contributed by atoms with van der Waals surface area (Å²) in [5.41, 5.74) is 2.48. The molecular formula is C18H18BrN3S2. The summed E-state index contributed by atoms with van der Waals surface area (Å²) in [6.45, 7) is 2.35. The number of thioether (sulfide) groups is 1. The number of rotatable bonds is 3. The largest absolute Gasteiger partial charge is 0.306 e. The molecule has 1 aromatic carbocycles. The summed E-state index contributed by atoms with van der Waals surface area (Å²) >= 11 is 7.15. The normalized spacial score (nSPS) is 16.8. The average Bonchev–Trinajstić information content (AvgIpc) is 3.03. The number of fused-ring (bicyclic) bond motifs is 1. The first-order chi connectivity index (χ1) is 11.7. The lowest BCUT2D eigenvalue weighted by molar-refractivity contribution is 0.282.